The molecule has 0 saturated heterocycles. The maximum atomic E-state index is 12.7. The molecule has 1 heterocycles. The lowest BCUT2D eigenvalue weighted by Crippen LogP contribution is -2.28. The highest BCUT2D eigenvalue weighted by Gasteiger charge is 2.28. The average molecular weight is 288 g/mol. The van der Waals surface area contributed by atoms with Crippen LogP contribution in [0.25, 0.3) is 0 Å². The van der Waals surface area contributed by atoms with Gasteiger partial charge in [-0.25, -0.2) is 4.57 Å². The molecule has 0 aliphatic rings. The number of nitrogens with zero attached hydrogens (tertiary/aromatic N) is 1. The third-order valence-electron chi connectivity index (χ3n) is 1.46. The van der Waals surface area contributed by atoms with Gasteiger partial charge in [0.05, 0.1) is 12.1 Å². The fourth-order valence-electron chi connectivity index (χ4n) is 0.846. The molecule has 0 bridgehead atoms. The smallest absolute Gasteiger partial charge is 0.389 e. The molecule has 1 rings (SSSR count). The van der Waals surface area contributed by atoms with Gasteiger partial charge in [0.25, 0.3) is 5.56 Å². The summed E-state index contributed by atoms with van der Waals surface area (Å²) in [6.07, 6.45) is 0.803. The van der Waals surface area contributed by atoms with E-state index in [0.717, 1.165) is 12.3 Å². The Hall–Kier alpha value is -0.620. The number of ether oxygens (including phenoxy) is 1. The maximum absolute atomic E-state index is 12.7. The van der Waals surface area contributed by atoms with Gasteiger partial charge in [0.2, 0.25) is 0 Å². The van der Waals surface area contributed by atoms with Crippen LogP contribution >= 0.6 is 27.5 Å². The van der Waals surface area contributed by atoms with E-state index in [2.05, 4.69) is 4.74 Å². The SMILES string of the molecule is COc1cc(=O)n(C(F)(F)Br)cc1Cl. The number of methoxy groups -OCH3 is 1. The highest BCUT2D eigenvalue weighted by molar-refractivity contribution is 9.09. The van der Waals surface area contributed by atoms with Crippen LogP contribution in [0.1, 0.15) is 0 Å². The lowest BCUT2D eigenvalue weighted by Gasteiger charge is -2.12. The number of pyridine rings is 1. The summed E-state index contributed by atoms with van der Waals surface area (Å²) in [7, 11) is 1.29. The Morgan fingerprint density at radius 2 is 2.21 bits per heavy atom. The van der Waals surface area contributed by atoms with Crippen LogP contribution in [0.2, 0.25) is 5.02 Å². The quantitative estimate of drug-likeness (QED) is 0.783. The summed E-state index contributed by atoms with van der Waals surface area (Å²) in [4.78, 5) is 7.65. The zero-order valence-electron chi connectivity index (χ0n) is 6.93. The Bertz CT molecular complexity index is 402. The van der Waals surface area contributed by atoms with Crippen molar-refractivity contribution in [1.82, 2.24) is 4.57 Å². The number of halogens is 4. The van der Waals surface area contributed by atoms with Crippen LogP contribution in [0.3, 0.4) is 0 Å². The first kappa shape index (κ1) is 11.5. The predicted molar refractivity (Wildman–Crippen MR) is 51.4 cm³/mol. The van der Waals surface area contributed by atoms with Crippen LogP contribution in [0.4, 0.5) is 8.78 Å². The van der Waals surface area contributed by atoms with Crippen molar-refractivity contribution in [3.8, 4) is 5.75 Å². The molecule has 0 unspecified atom stereocenters. The number of alkyl halides is 3. The van der Waals surface area contributed by atoms with Gasteiger partial charge in [0, 0.05) is 28.2 Å². The van der Waals surface area contributed by atoms with E-state index in [0.29, 0.717) is 0 Å². The minimum atomic E-state index is -3.46. The Morgan fingerprint density at radius 1 is 1.64 bits per heavy atom. The molecule has 0 atom stereocenters. The molecule has 0 amide bonds. The molecule has 7 heteroatoms. The molecular weight excluding hydrogens is 283 g/mol. The number of aromatic nitrogens is 1. The number of hydrogen-bond acceptors (Lipinski definition) is 2. The molecule has 14 heavy (non-hydrogen) atoms. The predicted octanol–water partition coefficient (Wildman–Crippen LogP) is 2.41. The normalized spacial score (nSPS) is 11.5. The van der Waals surface area contributed by atoms with Crippen molar-refractivity contribution in [1.29, 1.82) is 0 Å². The molecule has 0 spiro atoms. The molecule has 0 aliphatic carbocycles. The highest BCUT2D eigenvalue weighted by Crippen LogP contribution is 2.29. The zero-order chi connectivity index (χ0) is 10.9. The summed E-state index contributed by atoms with van der Waals surface area (Å²) in [6, 6.07) is 0.886. The van der Waals surface area contributed by atoms with Gasteiger partial charge in [-0.05, 0) is 0 Å². The standard InChI is InChI=1S/C7H5BrClF2NO2/c1-14-5-2-6(13)12(3-4(5)9)7(8,10)11/h2-3H,1H3. The molecule has 1 aromatic heterocycles. The van der Waals surface area contributed by atoms with Crippen molar-refractivity contribution in [3.63, 3.8) is 0 Å². The lowest BCUT2D eigenvalue weighted by atomic mass is 10.4. The van der Waals surface area contributed by atoms with Gasteiger partial charge >= 0.3 is 4.96 Å². The lowest BCUT2D eigenvalue weighted by molar-refractivity contribution is 0.0292. The average Bonchev–Trinajstić information content (AvgIpc) is 2.06. The number of hydrogen-bond donors (Lipinski definition) is 0. The fraction of sp³-hybridized carbons (Fsp3) is 0.286. The molecule has 78 valence electrons. The minimum absolute atomic E-state index is 0.0599. The highest BCUT2D eigenvalue weighted by atomic mass is 79.9. The summed E-state index contributed by atoms with van der Waals surface area (Å²) in [6.45, 7) is 0. The van der Waals surface area contributed by atoms with Crippen molar-refractivity contribution in [3.05, 3.63) is 27.6 Å². The molecule has 1 aromatic rings. The van der Waals surface area contributed by atoms with E-state index in [4.69, 9.17) is 11.6 Å². The van der Waals surface area contributed by atoms with E-state index in [1.807, 2.05) is 15.9 Å². The second-order valence-electron chi connectivity index (χ2n) is 2.37. The van der Waals surface area contributed by atoms with Crippen LogP contribution in [0.5, 0.6) is 5.75 Å². The van der Waals surface area contributed by atoms with E-state index in [-0.39, 0.29) is 15.3 Å². The van der Waals surface area contributed by atoms with E-state index in [1.165, 1.54) is 7.11 Å². The Kier molecular flexibility index (Phi) is 3.16. The molecular formula is C7H5BrClF2NO2. The third kappa shape index (κ3) is 2.24. The Morgan fingerprint density at radius 3 is 2.64 bits per heavy atom. The first-order valence-corrected chi connectivity index (χ1v) is 4.56. The van der Waals surface area contributed by atoms with Crippen LogP contribution < -0.4 is 10.3 Å². The Labute approximate surface area is 91.4 Å². The molecule has 3 nitrogen and oxygen atoms in total. The third-order valence-corrected chi connectivity index (χ3v) is 2.13. The number of rotatable bonds is 2. The van der Waals surface area contributed by atoms with Crippen molar-refractivity contribution in [2.75, 3.05) is 7.11 Å². The van der Waals surface area contributed by atoms with Crippen LogP contribution in [-0.4, -0.2) is 11.7 Å². The zero-order valence-corrected chi connectivity index (χ0v) is 9.27. The minimum Gasteiger partial charge on any atom is -0.495 e. The summed E-state index contributed by atoms with van der Waals surface area (Å²) in [5.74, 6) is 0.0599. The summed E-state index contributed by atoms with van der Waals surface area (Å²) < 4.78 is 30.3. The van der Waals surface area contributed by atoms with Crippen molar-refractivity contribution < 1.29 is 13.5 Å². The largest absolute Gasteiger partial charge is 0.495 e. The van der Waals surface area contributed by atoms with Crippen LogP contribution in [0, 0.1) is 0 Å². The van der Waals surface area contributed by atoms with Gasteiger partial charge < -0.3 is 4.74 Å². The van der Waals surface area contributed by atoms with Crippen LogP contribution in [-0.2, 0) is 4.96 Å². The van der Waals surface area contributed by atoms with Crippen molar-refractivity contribution >= 4 is 27.5 Å². The van der Waals surface area contributed by atoms with E-state index in [9.17, 15) is 13.6 Å². The second-order valence-corrected chi connectivity index (χ2v) is 3.73. The first-order valence-electron chi connectivity index (χ1n) is 3.39. The van der Waals surface area contributed by atoms with E-state index < -0.39 is 10.5 Å². The molecule has 0 radical (unpaired) electrons. The van der Waals surface area contributed by atoms with E-state index in [1.54, 1.807) is 0 Å². The van der Waals surface area contributed by atoms with Gasteiger partial charge in [-0.15, -0.1) is 0 Å². The van der Waals surface area contributed by atoms with Gasteiger partial charge in [-0.2, -0.15) is 8.78 Å². The van der Waals surface area contributed by atoms with Gasteiger partial charge in [-0.3, -0.25) is 4.79 Å². The van der Waals surface area contributed by atoms with Crippen LogP contribution in [0.15, 0.2) is 17.1 Å². The summed E-state index contributed by atoms with van der Waals surface area (Å²) in [5, 5.41) is -0.0637. The molecule has 0 fully saturated rings. The molecule has 0 aliphatic heterocycles. The summed E-state index contributed by atoms with van der Waals surface area (Å²) in [5.41, 5.74) is -0.909. The monoisotopic (exact) mass is 287 g/mol. The topological polar surface area (TPSA) is 31.2 Å². The second kappa shape index (κ2) is 3.86. The molecule has 0 saturated carbocycles. The Balaban J connectivity index is 3.37. The fourth-order valence-corrected chi connectivity index (χ4v) is 1.35. The van der Waals surface area contributed by atoms with Gasteiger partial charge in [0.15, 0.2) is 0 Å². The van der Waals surface area contributed by atoms with Gasteiger partial charge in [-0.1, -0.05) is 11.6 Å². The first-order chi connectivity index (χ1) is 6.36. The van der Waals surface area contributed by atoms with Crippen molar-refractivity contribution in [2.24, 2.45) is 0 Å². The summed E-state index contributed by atoms with van der Waals surface area (Å²) >= 11 is 7.62. The van der Waals surface area contributed by atoms with E-state index >= 15 is 0 Å². The molecule has 0 aromatic carbocycles. The maximum Gasteiger partial charge on any atom is 0.389 e. The molecule has 0 N–H and O–H groups in total. The van der Waals surface area contributed by atoms with Crippen molar-refractivity contribution in [2.45, 2.75) is 4.96 Å². The van der Waals surface area contributed by atoms with Gasteiger partial charge in [0.1, 0.15) is 5.75 Å².